The van der Waals surface area contributed by atoms with Crippen LogP contribution in [0.25, 0.3) is 10.8 Å². The van der Waals surface area contributed by atoms with E-state index in [1.165, 1.54) is 11.8 Å². The van der Waals surface area contributed by atoms with Crippen LogP contribution in [0, 0.1) is 0 Å². The molecule has 2 aromatic rings. The van der Waals surface area contributed by atoms with Crippen LogP contribution in [-0.2, 0) is 9.59 Å². The Bertz CT molecular complexity index is 725. The highest BCUT2D eigenvalue weighted by molar-refractivity contribution is 8.00. The Morgan fingerprint density at radius 3 is 2.50 bits per heavy atom. The predicted octanol–water partition coefficient (Wildman–Crippen LogP) is 3.06. The third kappa shape index (κ3) is 2.95. The van der Waals surface area contributed by atoms with Gasteiger partial charge in [0.2, 0.25) is 5.91 Å². The first-order valence-corrected chi connectivity index (χ1v) is 8.24. The number of carboxylic acids is 1. The molecule has 5 heteroatoms. The SMILES string of the molecule is O=C(CSc1ccc2ccccc2c1)NC1(C(=O)O)CCC1. The van der Waals surface area contributed by atoms with E-state index in [0.717, 1.165) is 22.1 Å². The van der Waals surface area contributed by atoms with Crippen molar-refractivity contribution >= 4 is 34.4 Å². The zero-order chi connectivity index (χ0) is 15.6. The van der Waals surface area contributed by atoms with Crippen LogP contribution in [0.3, 0.4) is 0 Å². The number of fused-ring (bicyclic) bond motifs is 1. The second-order valence-corrected chi connectivity index (χ2v) is 6.64. The van der Waals surface area contributed by atoms with Crippen LogP contribution in [0.4, 0.5) is 0 Å². The number of carboxylic acid groups (broad SMARTS) is 1. The number of nitrogens with one attached hydrogen (secondary N) is 1. The number of hydrogen-bond donors (Lipinski definition) is 2. The summed E-state index contributed by atoms with van der Waals surface area (Å²) in [6.07, 6.45) is 1.90. The van der Waals surface area contributed by atoms with E-state index in [9.17, 15) is 14.7 Å². The minimum Gasteiger partial charge on any atom is -0.480 e. The number of carbonyl (C=O) groups excluding carboxylic acids is 1. The molecule has 1 aliphatic carbocycles. The summed E-state index contributed by atoms with van der Waals surface area (Å²) in [5.74, 6) is -0.920. The van der Waals surface area contributed by atoms with Crippen molar-refractivity contribution in [3.63, 3.8) is 0 Å². The molecular weight excluding hydrogens is 298 g/mol. The van der Waals surface area contributed by atoms with Gasteiger partial charge >= 0.3 is 5.97 Å². The Morgan fingerprint density at radius 1 is 1.14 bits per heavy atom. The maximum absolute atomic E-state index is 12.0. The standard InChI is InChI=1S/C17H17NO3S/c19-15(18-17(16(20)21)8-3-9-17)11-22-14-7-6-12-4-1-2-5-13(12)10-14/h1-2,4-7,10H,3,8-9,11H2,(H,18,19)(H,20,21). The number of amides is 1. The first kappa shape index (κ1) is 14.9. The van der Waals surface area contributed by atoms with Crippen molar-refractivity contribution in [3.05, 3.63) is 42.5 Å². The molecule has 0 atom stereocenters. The first-order valence-electron chi connectivity index (χ1n) is 7.25. The van der Waals surface area contributed by atoms with Gasteiger partial charge in [-0.15, -0.1) is 11.8 Å². The number of aliphatic carboxylic acids is 1. The minimum absolute atomic E-state index is 0.222. The van der Waals surface area contributed by atoms with E-state index in [2.05, 4.69) is 5.32 Å². The quantitative estimate of drug-likeness (QED) is 0.832. The molecule has 1 aliphatic rings. The molecule has 0 radical (unpaired) electrons. The highest BCUT2D eigenvalue weighted by atomic mass is 32.2. The Labute approximate surface area is 132 Å². The van der Waals surface area contributed by atoms with Crippen LogP contribution in [0.5, 0.6) is 0 Å². The number of carbonyl (C=O) groups is 2. The third-order valence-corrected chi connectivity index (χ3v) is 5.08. The second kappa shape index (κ2) is 6.01. The molecule has 0 aromatic heterocycles. The minimum atomic E-state index is -1.03. The van der Waals surface area contributed by atoms with Gasteiger partial charge in [-0.25, -0.2) is 4.79 Å². The fourth-order valence-electron chi connectivity index (χ4n) is 2.63. The summed E-state index contributed by atoms with van der Waals surface area (Å²) >= 11 is 1.43. The number of hydrogen-bond acceptors (Lipinski definition) is 3. The normalized spacial score (nSPS) is 16.0. The van der Waals surface area contributed by atoms with Crippen LogP contribution < -0.4 is 5.32 Å². The van der Waals surface area contributed by atoms with E-state index in [1.54, 1.807) is 0 Å². The molecule has 0 spiro atoms. The van der Waals surface area contributed by atoms with E-state index in [1.807, 2.05) is 42.5 Å². The zero-order valence-corrected chi connectivity index (χ0v) is 12.9. The molecular formula is C17H17NO3S. The Morgan fingerprint density at radius 2 is 1.86 bits per heavy atom. The molecule has 2 aromatic carbocycles. The fourth-order valence-corrected chi connectivity index (χ4v) is 3.38. The lowest BCUT2D eigenvalue weighted by atomic mass is 9.77. The van der Waals surface area contributed by atoms with Crippen molar-refractivity contribution in [2.75, 3.05) is 5.75 Å². The van der Waals surface area contributed by atoms with E-state index in [4.69, 9.17) is 0 Å². The smallest absolute Gasteiger partial charge is 0.329 e. The number of benzene rings is 2. The van der Waals surface area contributed by atoms with Gasteiger partial charge in [0.1, 0.15) is 5.54 Å². The van der Waals surface area contributed by atoms with Crippen molar-refractivity contribution in [2.45, 2.75) is 29.7 Å². The summed E-state index contributed by atoms with van der Waals surface area (Å²) in [4.78, 5) is 24.2. The summed E-state index contributed by atoms with van der Waals surface area (Å²) in [7, 11) is 0. The molecule has 0 bridgehead atoms. The largest absolute Gasteiger partial charge is 0.480 e. The van der Waals surface area contributed by atoms with Gasteiger partial charge in [-0.05, 0) is 42.2 Å². The van der Waals surface area contributed by atoms with Gasteiger partial charge in [-0.2, -0.15) is 0 Å². The molecule has 0 aliphatic heterocycles. The van der Waals surface area contributed by atoms with Gasteiger partial charge in [0.15, 0.2) is 0 Å². The maximum atomic E-state index is 12.0. The molecule has 1 saturated carbocycles. The van der Waals surface area contributed by atoms with Crippen LogP contribution >= 0.6 is 11.8 Å². The van der Waals surface area contributed by atoms with Gasteiger partial charge in [0, 0.05) is 4.90 Å². The lowest BCUT2D eigenvalue weighted by Gasteiger charge is -2.38. The molecule has 1 amide bonds. The van der Waals surface area contributed by atoms with E-state index >= 15 is 0 Å². The van der Waals surface area contributed by atoms with Crippen molar-refractivity contribution in [2.24, 2.45) is 0 Å². The first-order chi connectivity index (χ1) is 10.6. The van der Waals surface area contributed by atoms with Crippen LogP contribution in [0.15, 0.2) is 47.4 Å². The molecule has 0 unspecified atom stereocenters. The summed E-state index contributed by atoms with van der Waals surface area (Å²) in [6, 6.07) is 14.1. The molecule has 4 nitrogen and oxygen atoms in total. The molecule has 114 valence electrons. The van der Waals surface area contributed by atoms with Crippen LogP contribution in [0.1, 0.15) is 19.3 Å². The molecule has 1 fully saturated rings. The van der Waals surface area contributed by atoms with Gasteiger partial charge < -0.3 is 10.4 Å². The number of rotatable bonds is 5. The van der Waals surface area contributed by atoms with E-state index in [0.29, 0.717) is 12.8 Å². The highest BCUT2D eigenvalue weighted by Gasteiger charge is 2.45. The van der Waals surface area contributed by atoms with Crippen molar-refractivity contribution in [3.8, 4) is 0 Å². The monoisotopic (exact) mass is 315 g/mol. The summed E-state index contributed by atoms with van der Waals surface area (Å²) in [5.41, 5.74) is -1.03. The van der Waals surface area contributed by atoms with Crippen molar-refractivity contribution in [1.29, 1.82) is 0 Å². The lowest BCUT2D eigenvalue weighted by molar-refractivity contribution is -0.151. The zero-order valence-electron chi connectivity index (χ0n) is 12.0. The molecule has 0 saturated heterocycles. The second-order valence-electron chi connectivity index (χ2n) is 5.59. The molecule has 2 N–H and O–H groups in total. The van der Waals surface area contributed by atoms with E-state index < -0.39 is 11.5 Å². The van der Waals surface area contributed by atoms with Crippen molar-refractivity contribution in [1.82, 2.24) is 5.32 Å². The van der Waals surface area contributed by atoms with Crippen LogP contribution in [-0.4, -0.2) is 28.3 Å². The third-order valence-electron chi connectivity index (χ3n) is 4.09. The van der Waals surface area contributed by atoms with Crippen molar-refractivity contribution < 1.29 is 14.7 Å². The molecule has 3 rings (SSSR count). The molecule has 22 heavy (non-hydrogen) atoms. The Kier molecular flexibility index (Phi) is 4.07. The summed E-state index contributed by atoms with van der Waals surface area (Å²) in [5, 5.41) is 14.2. The van der Waals surface area contributed by atoms with Gasteiger partial charge in [0.05, 0.1) is 5.75 Å². The fraction of sp³-hybridized carbons (Fsp3) is 0.294. The van der Waals surface area contributed by atoms with Crippen LogP contribution in [0.2, 0.25) is 0 Å². The Hall–Kier alpha value is -2.01. The average molecular weight is 315 g/mol. The predicted molar refractivity (Wildman–Crippen MR) is 87.0 cm³/mol. The molecule has 0 heterocycles. The summed E-state index contributed by atoms with van der Waals surface area (Å²) in [6.45, 7) is 0. The topological polar surface area (TPSA) is 66.4 Å². The highest BCUT2D eigenvalue weighted by Crippen LogP contribution is 2.32. The van der Waals surface area contributed by atoms with Gasteiger partial charge in [0.25, 0.3) is 0 Å². The van der Waals surface area contributed by atoms with E-state index in [-0.39, 0.29) is 11.7 Å². The van der Waals surface area contributed by atoms with Gasteiger partial charge in [-0.3, -0.25) is 4.79 Å². The number of thioether (sulfide) groups is 1. The average Bonchev–Trinajstić information content (AvgIpc) is 2.48. The van der Waals surface area contributed by atoms with Gasteiger partial charge in [-0.1, -0.05) is 30.3 Å². The lowest BCUT2D eigenvalue weighted by Crippen LogP contribution is -2.59. The maximum Gasteiger partial charge on any atom is 0.329 e. The summed E-state index contributed by atoms with van der Waals surface area (Å²) < 4.78 is 0. The Balaban J connectivity index is 1.61.